The molecule has 1 aliphatic carbocycles. The smallest absolute Gasteiger partial charge is 0.222 e. The molecular weight excluding hydrogens is 308 g/mol. The number of aromatic nitrogens is 3. The fraction of sp³-hybridized carbons (Fsp3) is 0.588. The van der Waals surface area contributed by atoms with Gasteiger partial charge < -0.3 is 4.90 Å². The van der Waals surface area contributed by atoms with Crippen LogP contribution in [0.4, 0.5) is 0 Å². The molecule has 0 fully saturated rings. The molecule has 23 heavy (non-hydrogen) atoms. The third-order valence-corrected chi connectivity index (χ3v) is 5.66. The van der Waals surface area contributed by atoms with Gasteiger partial charge in [0, 0.05) is 49.7 Å². The van der Waals surface area contributed by atoms with E-state index in [2.05, 4.69) is 12.0 Å². The van der Waals surface area contributed by atoms with Crippen LogP contribution in [0.5, 0.6) is 0 Å². The molecule has 2 heterocycles. The Labute approximate surface area is 141 Å². The van der Waals surface area contributed by atoms with Crippen LogP contribution in [0.3, 0.4) is 0 Å². The van der Waals surface area contributed by atoms with Crippen molar-refractivity contribution in [2.45, 2.75) is 44.9 Å². The van der Waals surface area contributed by atoms with Crippen LogP contribution >= 0.6 is 11.3 Å². The summed E-state index contributed by atoms with van der Waals surface area (Å²) >= 11 is 1.82. The molecule has 0 radical (unpaired) electrons. The van der Waals surface area contributed by atoms with Crippen LogP contribution in [-0.4, -0.2) is 39.2 Å². The molecule has 124 valence electrons. The maximum atomic E-state index is 12.4. The van der Waals surface area contributed by atoms with Gasteiger partial charge in [-0.1, -0.05) is 0 Å². The molecule has 0 saturated heterocycles. The Bertz CT molecular complexity index is 691. The molecular formula is C17H24N4OS. The highest BCUT2D eigenvalue weighted by molar-refractivity contribution is 7.11. The van der Waals surface area contributed by atoms with Crippen LogP contribution in [0.1, 0.15) is 46.5 Å². The van der Waals surface area contributed by atoms with Gasteiger partial charge in [-0.25, -0.2) is 4.98 Å². The van der Waals surface area contributed by atoms with E-state index in [4.69, 9.17) is 4.98 Å². The maximum Gasteiger partial charge on any atom is 0.222 e. The predicted molar refractivity (Wildman–Crippen MR) is 91.7 cm³/mol. The van der Waals surface area contributed by atoms with E-state index in [1.807, 2.05) is 41.1 Å². The van der Waals surface area contributed by atoms with Crippen molar-refractivity contribution in [3.63, 3.8) is 0 Å². The summed E-state index contributed by atoms with van der Waals surface area (Å²) in [5, 5.41) is 5.29. The number of rotatable bonds is 5. The highest BCUT2D eigenvalue weighted by Crippen LogP contribution is 2.34. The molecule has 5 nitrogen and oxygen atoms in total. The Balaban J connectivity index is 1.57. The Morgan fingerprint density at radius 1 is 1.52 bits per heavy atom. The number of hydrogen-bond acceptors (Lipinski definition) is 4. The van der Waals surface area contributed by atoms with Gasteiger partial charge in [0.15, 0.2) is 0 Å². The molecule has 0 N–H and O–H groups in total. The first kappa shape index (κ1) is 16.2. The molecule has 6 heteroatoms. The van der Waals surface area contributed by atoms with Crippen molar-refractivity contribution >= 4 is 17.2 Å². The van der Waals surface area contributed by atoms with Crippen molar-refractivity contribution in [3.05, 3.63) is 33.5 Å². The number of carbonyl (C=O) groups excluding carboxylic acids is 1. The molecule has 2 aromatic rings. The van der Waals surface area contributed by atoms with Crippen molar-refractivity contribution < 1.29 is 4.79 Å². The average molecular weight is 332 g/mol. The van der Waals surface area contributed by atoms with Crippen LogP contribution in [0, 0.1) is 6.92 Å². The van der Waals surface area contributed by atoms with Crippen LogP contribution in [0.15, 0.2) is 12.3 Å². The lowest BCUT2D eigenvalue weighted by atomic mass is 9.90. The zero-order valence-corrected chi connectivity index (χ0v) is 14.9. The summed E-state index contributed by atoms with van der Waals surface area (Å²) in [4.78, 5) is 20.4. The van der Waals surface area contributed by atoms with Crippen LogP contribution in [0.25, 0.3) is 0 Å². The molecule has 1 amide bonds. The van der Waals surface area contributed by atoms with E-state index in [-0.39, 0.29) is 5.91 Å². The summed E-state index contributed by atoms with van der Waals surface area (Å²) in [7, 11) is 3.83. The van der Waals surface area contributed by atoms with E-state index < -0.39 is 0 Å². The molecule has 0 unspecified atom stereocenters. The third kappa shape index (κ3) is 3.63. The molecule has 2 aromatic heterocycles. The van der Waals surface area contributed by atoms with Crippen molar-refractivity contribution in [2.75, 3.05) is 13.6 Å². The Morgan fingerprint density at radius 2 is 2.35 bits per heavy atom. The molecule has 3 rings (SSSR count). The quantitative estimate of drug-likeness (QED) is 0.846. The minimum absolute atomic E-state index is 0.199. The van der Waals surface area contributed by atoms with E-state index in [0.29, 0.717) is 12.3 Å². The number of hydrogen-bond donors (Lipinski definition) is 0. The molecule has 1 aliphatic rings. The second-order valence-electron chi connectivity index (χ2n) is 6.35. The minimum Gasteiger partial charge on any atom is -0.345 e. The van der Waals surface area contributed by atoms with Gasteiger partial charge in [0.05, 0.1) is 10.7 Å². The largest absolute Gasteiger partial charge is 0.345 e. The fourth-order valence-electron chi connectivity index (χ4n) is 3.31. The predicted octanol–water partition coefficient (Wildman–Crippen LogP) is 2.70. The van der Waals surface area contributed by atoms with Gasteiger partial charge in [-0.2, -0.15) is 5.10 Å². The zero-order chi connectivity index (χ0) is 16.4. The number of likely N-dealkylation sites (N-methyl/N-ethyl adjacent to an activating group) is 1. The Kier molecular flexibility index (Phi) is 4.80. The molecule has 0 aliphatic heterocycles. The van der Waals surface area contributed by atoms with Gasteiger partial charge in [0.2, 0.25) is 5.91 Å². The maximum absolute atomic E-state index is 12.4. The first-order valence-corrected chi connectivity index (χ1v) is 9.03. The third-order valence-electron chi connectivity index (χ3n) is 4.62. The second kappa shape index (κ2) is 6.83. The number of aryl methyl sites for hydroxylation is 4. The second-order valence-corrected chi connectivity index (χ2v) is 7.64. The monoisotopic (exact) mass is 332 g/mol. The lowest BCUT2D eigenvalue weighted by molar-refractivity contribution is -0.130. The van der Waals surface area contributed by atoms with Gasteiger partial charge in [0.25, 0.3) is 0 Å². The summed E-state index contributed by atoms with van der Waals surface area (Å²) in [5.74, 6) is 0.597. The minimum atomic E-state index is 0.199. The molecule has 0 aromatic carbocycles. The lowest BCUT2D eigenvalue weighted by Gasteiger charge is -2.26. The average Bonchev–Trinajstić information content (AvgIpc) is 3.10. The van der Waals surface area contributed by atoms with Crippen molar-refractivity contribution in [3.8, 4) is 0 Å². The van der Waals surface area contributed by atoms with Crippen LogP contribution < -0.4 is 0 Å². The lowest BCUT2D eigenvalue weighted by Crippen LogP contribution is -2.32. The molecule has 0 spiro atoms. The number of nitrogens with zero attached hydrogens (tertiary/aromatic N) is 4. The normalized spacial score (nSPS) is 17.1. The van der Waals surface area contributed by atoms with Crippen molar-refractivity contribution in [1.82, 2.24) is 19.7 Å². The van der Waals surface area contributed by atoms with Crippen molar-refractivity contribution in [1.29, 1.82) is 0 Å². The zero-order valence-electron chi connectivity index (χ0n) is 14.1. The summed E-state index contributed by atoms with van der Waals surface area (Å²) in [6.45, 7) is 2.85. The number of fused-ring (bicyclic) bond motifs is 1. The summed E-state index contributed by atoms with van der Waals surface area (Å²) in [6, 6.07) is 1.97. The van der Waals surface area contributed by atoms with Gasteiger partial charge in [-0.05, 0) is 38.7 Å². The molecule has 0 bridgehead atoms. The number of carbonyl (C=O) groups is 1. The molecule has 0 saturated carbocycles. The highest BCUT2D eigenvalue weighted by Gasteiger charge is 2.26. The first-order chi connectivity index (χ1) is 11.0. The van der Waals surface area contributed by atoms with Gasteiger partial charge in [-0.15, -0.1) is 11.3 Å². The van der Waals surface area contributed by atoms with E-state index in [9.17, 15) is 4.79 Å². The Hall–Kier alpha value is -1.69. The standard InChI is InChI=1S/C17H24N4OS/c1-12-19-17-13(5-4-6-15(17)23-12)11-20(2)16(22)8-7-14-9-10-18-21(14)3/h9-10,13H,4-8,11H2,1-3H3/t13-/m0/s1. The van der Waals surface area contributed by atoms with Gasteiger partial charge in [0.1, 0.15) is 0 Å². The van der Waals surface area contributed by atoms with E-state index in [0.717, 1.165) is 36.5 Å². The summed E-state index contributed by atoms with van der Waals surface area (Å²) in [5.41, 5.74) is 2.34. The van der Waals surface area contributed by atoms with E-state index in [1.54, 1.807) is 6.20 Å². The molecule has 1 atom stereocenters. The highest BCUT2D eigenvalue weighted by atomic mass is 32.1. The SMILES string of the molecule is Cc1nc2c(s1)CCC[C@H]2CN(C)C(=O)CCc1ccnn1C. The van der Waals surface area contributed by atoms with Gasteiger partial charge >= 0.3 is 0 Å². The number of amides is 1. The van der Waals surface area contributed by atoms with E-state index >= 15 is 0 Å². The van der Waals surface area contributed by atoms with Crippen LogP contribution in [0.2, 0.25) is 0 Å². The summed E-state index contributed by atoms with van der Waals surface area (Å²) in [6.07, 6.45) is 6.54. The first-order valence-electron chi connectivity index (χ1n) is 8.21. The van der Waals surface area contributed by atoms with E-state index in [1.165, 1.54) is 17.0 Å². The summed E-state index contributed by atoms with van der Waals surface area (Å²) < 4.78 is 1.83. The Morgan fingerprint density at radius 3 is 3.09 bits per heavy atom. The topological polar surface area (TPSA) is 51.0 Å². The number of thiazole rings is 1. The van der Waals surface area contributed by atoms with Gasteiger partial charge in [-0.3, -0.25) is 9.48 Å². The fourth-order valence-corrected chi connectivity index (χ4v) is 4.38. The van der Waals surface area contributed by atoms with Crippen molar-refractivity contribution in [2.24, 2.45) is 7.05 Å². The van der Waals surface area contributed by atoms with Crippen LogP contribution in [-0.2, 0) is 24.7 Å².